The summed E-state index contributed by atoms with van der Waals surface area (Å²) < 4.78 is 71.2. The summed E-state index contributed by atoms with van der Waals surface area (Å²) in [5.41, 5.74) is -0.284. The van der Waals surface area contributed by atoms with Crippen LogP contribution in [0.1, 0.15) is 30.0 Å². The molecule has 7 nitrogen and oxygen atoms in total. The minimum atomic E-state index is -4.90. The molecule has 4 aromatic rings. The first kappa shape index (κ1) is 36.0. The molecule has 4 aromatic carbocycles. The first-order valence-corrected chi connectivity index (χ1v) is 17.2. The van der Waals surface area contributed by atoms with Crippen molar-refractivity contribution in [3.8, 4) is 0 Å². The van der Waals surface area contributed by atoms with Gasteiger partial charge in [0.1, 0.15) is 12.6 Å². The third kappa shape index (κ3) is 9.36. The van der Waals surface area contributed by atoms with Crippen molar-refractivity contribution in [2.24, 2.45) is 0 Å². The molecule has 0 heterocycles. The number of carbonyl (C=O) groups excluding carboxylic acids is 2. The Morgan fingerprint density at radius 3 is 2.11 bits per heavy atom. The third-order valence-corrected chi connectivity index (χ3v) is 9.89. The number of carbonyl (C=O) groups is 2. The summed E-state index contributed by atoms with van der Waals surface area (Å²) in [7, 11) is -4.59. The Kier molecular flexibility index (Phi) is 12.1. The molecule has 0 spiro atoms. The fraction of sp³-hybridized carbons (Fsp3) is 0.235. The van der Waals surface area contributed by atoms with Crippen LogP contribution in [0.4, 0.5) is 18.9 Å². The molecule has 1 atom stereocenters. The van der Waals surface area contributed by atoms with Crippen molar-refractivity contribution < 1.29 is 31.2 Å². The van der Waals surface area contributed by atoms with Crippen LogP contribution in [0.5, 0.6) is 0 Å². The maximum atomic E-state index is 14.4. The van der Waals surface area contributed by atoms with Crippen LogP contribution >= 0.6 is 27.5 Å². The Hall–Kier alpha value is -3.87. The summed E-state index contributed by atoms with van der Waals surface area (Å²) in [4.78, 5) is 29.1. The molecule has 13 heteroatoms. The lowest BCUT2D eigenvalue weighted by Gasteiger charge is -2.34. The Balaban J connectivity index is 1.84. The molecular weight excluding hydrogens is 719 g/mol. The van der Waals surface area contributed by atoms with E-state index in [9.17, 15) is 31.2 Å². The van der Waals surface area contributed by atoms with E-state index < -0.39 is 56.9 Å². The summed E-state index contributed by atoms with van der Waals surface area (Å²) in [5.74, 6) is -1.26. The predicted octanol–water partition coefficient (Wildman–Crippen LogP) is 7.48. The Morgan fingerprint density at radius 1 is 0.894 bits per heavy atom. The van der Waals surface area contributed by atoms with E-state index in [1.165, 1.54) is 29.2 Å². The number of benzene rings is 4. The Bertz CT molecular complexity index is 1780. The van der Waals surface area contributed by atoms with E-state index in [0.717, 1.165) is 22.2 Å². The second-order valence-corrected chi connectivity index (χ2v) is 13.8. The molecule has 4 rings (SSSR count). The molecule has 0 unspecified atom stereocenters. The van der Waals surface area contributed by atoms with Crippen molar-refractivity contribution in [3.05, 3.63) is 129 Å². The van der Waals surface area contributed by atoms with Crippen LogP contribution in [0.3, 0.4) is 0 Å². The van der Waals surface area contributed by atoms with Crippen LogP contribution in [0.25, 0.3) is 0 Å². The quantitative estimate of drug-likeness (QED) is 0.154. The molecule has 0 saturated heterocycles. The average molecular weight is 751 g/mol. The van der Waals surface area contributed by atoms with Gasteiger partial charge in [-0.3, -0.25) is 13.9 Å². The molecular formula is C34H32BrClF3N3O4S. The summed E-state index contributed by atoms with van der Waals surface area (Å²) in [6.07, 6.45) is -4.17. The molecule has 0 bridgehead atoms. The molecule has 0 aliphatic rings. The maximum absolute atomic E-state index is 14.4. The molecule has 0 saturated carbocycles. The van der Waals surface area contributed by atoms with Crippen LogP contribution in [0, 0.1) is 0 Å². The average Bonchev–Trinajstić information content (AvgIpc) is 3.05. The van der Waals surface area contributed by atoms with Crippen molar-refractivity contribution >= 4 is 55.1 Å². The number of rotatable bonds is 13. The minimum Gasteiger partial charge on any atom is -0.354 e. The van der Waals surface area contributed by atoms with E-state index in [1.807, 2.05) is 13.0 Å². The van der Waals surface area contributed by atoms with Gasteiger partial charge in [0.2, 0.25) is 11.8 Å². The van der Waals surface area contributed by atoms with Crippen molar-refractivity contribution in [2.75, 3.05) is 17.4 Å². The van der Waals surface area contributed by atoms with E-state index in [1.54, 1.807) is 54.6 Å². The van der Waals surface area contributed by atoms with Gasteiger partial charge in [-0.05, 0) is 60.0 Å². The van der Waals surface area contributed by atoms with Gasteiger partial charge >= 0.3 is 6.18 Å². The molecule has 0 radical (unpaired) electrons. The van der Waals surface area contributed by atoms with E-state index in [2.05, 4.69) is 21.2 Å². The van der Waals surface area contributed by atoms with Crippen molar-refractivity contribution in [1.82, 2.24) is 10.2 Å². The highest BCUT2D eigenvalue weighted by Gasteiger charge is 2.37. The zero-order chi connectivity index (χ0) is 34.2. The van der Waals surface area contributed by atoms with Gasteiger partial charge in [-0.2, -0.15) is 13.2 Å². The zero-order valence-electron chi connectivity index (χ0n) is 25.3. The van der Waals surface area contributed by atoms with Gasteiger partial charge in [0.15, 0.2) is 0 Å². The summed E-state index contributed by atoms with van der Waals surface area (Å²) in [6, 6.07) is 24.7. The molecule has 1 N–H and O–H groups in total. The van der Waals surface area contributed by atoms with Gasteiger partial charge in [-0.15, -0.1) is 0 Å². The molecule has 0 aromatic heterocycles. The van der Waals surface area contributed by atoms with Gasteiger partial charge in [0.05, 0.1) is 21.2 Å². The molecule has 0 aliphatic carbocycles. The van der Waals surface area contributed by atoms with Crippen molar-refractivity contribution in [1.29, 1.82) is 0 Å². The number of hydrogen-bond donors (Lipinski definition) is 1. The first-order valence-electron chi connectivity index (χ1n) is 14.6. The van der Waals surface area contributed by atoms with Gasteiger partial charge in [-0.1, -0.05) is 95.1 Å². The Morgan fingerprint density at radius 2 is 1.51 bits per heavy atom. The first-order chi connectivity index (χ1) is 22.3. The molecule has 47 heavy (non-hydrogen) atoms. The second-order valence-electron chi connectivity index (χ2n) is 10.6. The minimum absolute atomic E-state index is 0.0865. The molecule has 0 aliphatic heterocycles. The summed E-state index contributed by atoms with van der Waals surface area (Å²) >= 11 is 9.24. The van der Waals surface area contributed by atoms with Crippen molar-refractivity contribution in [3.63, 3.8) is 0 Å². The van der Waals surface area contributed by atoms with Crippen LogP contribution in [0.15, 0.2) is 112 Å². The van der Waals surface area contributed by atoms with Gasteiger partial charge in [-0.25, -0.2) is 8.42 Å². The number of anilines is 1. The largest absolute Gasteiger partial charge is 0.417 e. The number of sulfonamides is 1. The number of nitrogens with one attached hydrogen (secondary N) is 1. The van der Waals surface area contributed by atoms with Crippen LogP contribution in [0.2, 0.25) is 5.02 Å². The van der Waals surface area contributed by atoms with Gasteiger partial charge in [0, 0.05) is 24.0 Å². The smallest absolute Gasteiger partial charge is 0.354 e. The number of alkyl halides is 3. The SMILES string of the molecule is CCCNC(=O)[C@H](Cc1ccccc1)N(Cc1ccc(Br)cc1)C(=O)CN(c1ccc(Cl)c(C(F)(F)F)c1)S(=O)(=O)c1ccccc1. The fourth-order valence-electron chi connectivity index (χ4n) is 4.84. The molecule has 248 valence electrons. The molecule has 2 amide bonds. The summed E-state index contributed by atoms with van der Waals surface area (Å²) in [6.45, 7) is 1.23. The third-order valence-electron chi connectivity index (χ3n) is 7.24. The van der Waals surface area contributed by atoms with E-state index in [4.69, 9.17) is 11.6 Å². The number of hydrogen-bond acceptors (Lipinski definition) is 4. The second kappa shape index (κ2) is 15.8. The van der Waals surface area contributed by atoms with Gasteiger partial charge < -0.3 is 10.2 Å². The van der Waals surface area contributed by atoms with Gasteiger partial charge in [0.25, 0.3) is 10.0 Å². The molecule has 0 fully saturated rings. The van der Waals surface area contributed by atoms with Crippen molar-refractivity contribution in [2.45, 2.75) is 43.4 Å². The standard InChI is InChI=1S/C34H32BrClF3N3O4S/c1-2-19-40-33(44)31(20-24-9-5-3-6-10-24)41(22-25-13-15-26(35)16-14-25)32(43)23-42(47(45,46)28-11-7-4-8-12-28)27-17-18-30(36)29(21-27)34(37,38)39/h3-18,21,31H,2,19-20,22-23H2,1H3,(H,40,44)/t31-/m0/s1. The lowest BCUT2D eigenvalue weighted by Crippen LogP contribution is -2.53. The predicted molar refractivity (Wildman–Crippen MR) is 179 cm³/mol. The highest BCUT2D eigenvalue weighted by atomic mass is 79.9. The lowest BCUT2D eigenvalue weighted by molar-refractivity contribution is -0.140. The van der Waals surface area contributed by atoms with Crippen LogP contribution < -0.4 is 9.62 Å². The lowest BCUT2D eigenvalue weighted by atomic mass is 10.0. The topological polar surface area (TPSA) is 86.8 Å². The highest BCUT2D eigenvalue weighted by Crippen LogP contribution is 2.38. The van der Waals surface area contributed by atoms with E-state index in [0.29, 0.717) is 28.9 Å². The highest BCUT2D eigenvalue weighted by molar-refractivity contribution is 9.10. The van der Waals surface area contributed by atoms with E-state index in [-0.39, 0.29) is 17.9 Å². The normalized spacial score (nSPS) is 12.3. The fourth-order valence-corrected chi connectivity index (χ4v) is 6.76. The number of amides is 2. The van der Waals surface area contributed by atoms with Crippen LogP contribution in [-0.4, -0.2) is 44.3 Å². The monoisotopic (exact) mass is 749 g/mol. The van der Waals surface area contributed by atoms with E-state index >= 15 is 0 Å². The number of nitrogens with zero attached hydrogens (tertiary/aromatic N) is 2. The Labute approximate surface area is 285 Å². The zero-order valence-corrected chi connectivity index (χ0v) is 28.4. The van der Waals surface area contributed by atoms with Crippen LogP contribution in [-0.2, 0) is 38.8 Å². The maximum Gasteiger partial charge on any atom is 0.417 e. The summed E-state index contributed by atoms with van der Waals surface area (Å²) in [5, 5.41) is 2.21. The number of halogens is 5.